The predicted octanol–water partition coefficient (Wildman–Crippen LogP) is 6.43. The van der Waals surface area contributed by atoms with Gasteiger partial charge in [0.05, 0.1) is 22.3 Å². The Morgan fingerprint density at radius 3 is 2.55 bits per heavy atom. The maximum Gasteiger partial charge on any atom is 0.451 e. The summed E-state index contributed by atoms with van der Waals surface area (Å²) in [5.41, 5.74) is 2.81. The van der Waals surface area contributed by atoms with Crippen LogP contribution < -0.4 is 9.47 Å². The molecule has 0 unspecified atom stereocenters. The van der Waals surface area contributed by atoms with Gasteiger partial charge >= 0.3 is 6.18 Å². The zero-order valence-corrected chi connectivity index (χ0v) is 26.7. The van der Waals surface area contributed by atoms with Crippen molar-refractivity contribution in [1.82, 2.24) is 25.1 Å². The molecule has 2 atom stereocenters. The lowest BCUT2D eigenvalue weighted by atomic mass is 9.88. The molecule has 0 radical (unpaired) electrons. The molecule has 9 nitrogen and oxygen atoms in total. The molecule has 15 heteroatoms. The van der Waals surface area contributed by atoms with E-state index in [0.717, 1.165) is 18.4 Å². The highest BCUT2D eigenvalue weighted by atomic mass is 35.5. The molecule has 0 spiro atoms. The van der Waals surface area contributed by atoms with E-state index in [2.05, 4.69) is 20.0 Å². The van der Waals surface area contributed by atoms with Crippen LogP contribution in [0.25, 0.3) is 11.4 Å². The summed E-state index contributed by atoms with van der Waals surface area (Å²) in [7, 11) is -3.21. The number of fused-ring (bicyclic) bond motifs is 1. The van der Waals surface area contributed by atoms with Crippen LogP contribution in [-0.2, 0) is 34.8 Å². The summed E-state index contributed by atoms with van der Waals surface area (Å²) in [5, 5.41) is 5.34. The van der Waals surface area contributed by atoms with Gasteiger partial charge in [0.2, 0.25) is 5.82 Å². The first kappa shape index (κ1) is 31.8. The largest absolute Gasteiger partial charge is 0.451 e. The molecule has 2 aromatic heterocycles. The Morgan fingerprint density at radius 2 is 1.89 bits per heavy atom. The fourth-order valence-corrected chi connectivity index (χ4v) is 8.05. The molecule has 0 amide bonds. The molecule has 3 aliphatic rings. The van der Waals surface area contributed by atoms with Crippen LogP contribution in [0.15, 0.2) is 48.7 Å². The summed E-state index contributed by atoms with van der Waals surface area (Å²) in [6.07, 6.45) is -0.948. The number of aromatic amines is 1. The van der Waals surface area contributed by atoms with Crippen molar-refractivity contribution < 1.29 is 35.5 Å². The van der Waals surface area contributed by atoms with Crippen LogP contribution in [-0.4, -0.2) is 57.6 Å². The van der Waals surface area contributed by atoms with E-state index < -0.39 is 38.7 Å². The number of H-pyrrole nitrogens is 1. The highest BCUT2D eigenvalue weighted by Crippen LogP contribution is 2.50. The number of sulfone groups is 1. The molecule has 4 aromatic rings. The van der Waals surface area contributed by atoms with E-state index in [-0.39, 0.29) is 40.1 Å². The van der Waals surface area contributed by atoms with Crippen molar-refractivity contribution in [2.45, 2.75) is 62.3 Å². The average Bonchev–Trinajstić information content (AvgIpc) is 3.66. The monoisotopic (exact) mass is 691 g/mol. The van der Waals surface area contributed by atoms with E-state index in [1.165, 1.54) is 12.3 Å². The van der Waals surface area contributed by atoms with Gasteiger partial charge in [-0.3, -0.25) is 15.0 Å². The second-order valence-electron chi connectivity index (χ2n) is 12.3. The lowest BCUT2D eigenvalue weighted by Crippen LogP contribution is -2.38. The smallest absolute Gasteiger partial charge is 0.444 e. The number of rotatable bonds is 7. The fraction of sp³-hybridized carbons (Fsp3) is 0.406. The molecule has 3 aliphatic heterocycles. The van der Waals surface area contributed by atoms with Crippen LogP contribution in [0.1, 0.15) is 60.3 Å². The van der Waals surface area contributed by atoms with Crippen molar-refractivity contribution in [1.29, 1.82) is 0 Å². The van der Waals surface area contributed by atoms with E-state index >= 15 is 0 Å². The van der Waals surface area contributed by atoms with Gasteiger partial charge in [0, 0.05) is 35.8 Å². The summed E-state index contributed by atoms with van der Waals surface area (Å²) in [6.45, 7) is 3.53. The minimum Gasteiger partial charge on any atom is -0.444 e. The number of pyridine rings is 1. The van der Waals surface area contributed by atoms with Gasteiger partial charge in [0.1, 0.15) is 5.82 Å². The van der Waals surface area contributed by atoms with E-state index in [9.17, 15) is 26.0 Å². The first-order valence-electron chi connectivity index (χ1n) is 15.2. The Labute approximate surface area is 273 Å². The summed E-state index contributed by atoms with van der Waals surface area (Å²) in [6, 6.07) is 11.7. The molecule has 0 saturated carbocycles. The van der Waals surface area contributed by atoms with Gasteiger partial charge in [0.25, 0.3) is 5.79 Å². The second kappa shape index (κ2) is 11.7. The van der Waals surface area contributed by atoms with Crippen LogP contribution >= 0.6 is 11.6 Å². The number of ether oxygens (including phenoxy) is 2. The number of alkyl halides is 3. The van der Waals surface area contributed by atoms with Crippen molar-refractivity contribution in [3.63, 3.8) is 0 Å². The van der Waals surface area contributed by atoms with Crippen molar-refractivity contribution in [3.8, 4) is 22.9 Å². The summed E-state index contributed by atoms with van der Waals surface area (Å²) < 4.78 is 91.3. The minimum atomic E-state index is -4.68. The summed E-state index contributed by atoms with van der Waals surface area (Å²) in [4.78, 5) is 10.4. The quantitative estimate of drug-likeness (QED) is 0.221. The maximum absolute atomic E-state index is 14.8. The number of aromatic nitrogens is 4. The van der Waals surface area contributed by atoms with E-state index in [0.29, 0.717) is 48.8 Å². The topological polar surface area (TPSA) is 110 Å². The molecule has 0 aliphatic carbocycles. The van der Waals surface area contributed by atoms with Crippen LogP contribution in [0.2, 0.25) is 5.02 Å². The van der Waals surface area contributed by atoms with E-state index in [4.69, 9.17) is 21.1 Å². The zero-order chi connectivity index (χ0) is 33.1. The molecule has 47 heavy (non-hydrogen) atoms. The number of nitrogens with one attached hydrogen (secondary N) is 1. The summed E-state index contributed by atoms with van der Waals surface area (Å²) >= 11 is 5.95. The van der Waals surface area contributed by atoms with Crippen LogP contribution in [0, 0.1) is 5.82 Å². The van der Waals surface area contributed by atoms with Crippen molar-refractivity contribution in [2.75, 3.05) is 18.8 Å². The highest BCUT2D eigenvalue weighted by molar-refractivity contribution is 7.93. The van der Waals surface area contributed by atoms with Crippen molar-refractivity contribution >= 4 is 21.4 Å². The molecule has 2 aromatic carbocycles. The Balaban J connectivity index is 1.07. The standard InChI is InChI=1S/C32H30ClF4N5O4S/c1-31(24-6-5-21(33)15-25(24)34)45-27-4-2-3-23(28(27)46-31)18-7-10-42(11-8-18)17-26-19(14-22-9-12-47(22,43)44)13-20(16-38-26)29-39-30(41-40-29)32(35,36)37/h2-6,13,15-16,18,22H,7-12,14,17H2,1H3,(H,39,40,41)/t22-,31-/m1/s1. The normalized spacial score (nSPS) is 22.7. The highest BCUT2D eigenvalue weighted by Gasteiger charge is 2.43. The fourth-order valence-electron chi connectivity index (χ4n) is 6.50. The predicted molar refractivity (Wildman–Crippen MR) is 164 cm³/mol. The Kier molecular flexibility index (Phi) is 7.95. The number of piperidine rings is 1. The lowest BCUT2D eigenvalue weighted by Gasteiger charge is -2.33. The SMILES string of the molecule is C[C@@]1(c2ccc(Cl)cc2F)Oc2cccc(C3CCN(Cc4ncc(-c5n[nH]c(C(F)(F)F)n5)cc4C[C@H]4CCS4(=O)=O)CC3)c2O1. The lowest BCUT2D eigenvalue weighted by molar-refractivity contribution is -0.144. The van der Waals surface area contributed by atoms with Gasteiger partial charge in [-0.2, -0.15) is 18.3 Å². The first-order valence-corrected chi connectivity index (χ1v) is 17.3. The molecule has 248 valence electrons. The van der Waals surface area contributed by atoms with Gasteiger partial charge in [-0.15, -0.1) is 0 Å². The van der Waals surface area contributed by atoms with Gasteiger partial charge < -0.3 is 9.47 Å². The molecule has 5 heterocycles. The number of hydrogen-bond donors (Lipinski definition) is 1. The third-order valence-corrected chi connectivity index (χ3v) is 11.6. The van der Waals surface area contributed by atoms with Crippen LogP contribution in [0.3, 0.4) is 0 Å². The number of benzene rings is 2. The number of nitrogens with zero attached hydrogens (tertiary/aromatic N) is 4. The van der Waals surface area contributed by atoms with E-state index in [1.807, 2.05) is 17.2 Å². The van der Waals surface area contributed by atoms with Gasteiger partial charge in [0.15, 0.2) is 27.2 Å². The van der Waals surface area contributed by atoms with Gasteiger partial charge in [-0.05, 0) is 80.6 Å². The molecular formula is C32H30ClF4N5O4S. The zero-order valence-electron chi connectivity index (χ0n) is 25.2. The van der Waals surface area contributed by atoms with E-state index in [1.54, 1.807) is 31.2 Å². The van der Waals surface area contributed by atoms with Crippen LogP contribution in [0.5, 0.6) is 11.5 Å². The number of hydrogen-bond acceptors (Lipinski definition) is 8. The molecule has 1 N–H and O–H groups in total. The Hall–Kier alpha value is -3.75. The van der Waals surface area contributed by atoms with Crippen molar-refractivity contribution in [3.05, 3.63) is 87.7 Å². The second-order valence-corrected chi connectivity index (χ2v) is 15.2. The Morgan fingerprint density at radius 1 is 1.11 bits per heavy atom. The molecule has 7 rings (SSSR count). The molecule has 2 saturated heterocycles. The minimum absolute atomic E-state index is 0.120. The van der Waals surface area contributed by atoms with Crippen molar-refractivity contribution in [2.24, 2.45) is 0 Å². The number of para-hydroxylation sites is 1. The van der Waals surface area contributed by atoms with Crippen LogP contribution in [0.4, 0.5) is 17.6 Å². The van der Waals surface area contributed by atoms with Gasteiger partial charge in [-0.25, -0.2) is 17.8 Å². The summed E-state index contributed by atoms with van der Waals surface area (Å²) in [5.74, 6) is -1.86. The average molecular weight is 692 g/mol. The molecule has 0 bridgehead atoms. The van der Waals surface area contributed by atoms with Gasteiger partial charge in [-0.1, -0.05) is 23.7 Å². The number of halogens is 5. The molecular weight excluding hydrogens is 662 g/mol. The molecule has 2 fully saturated rings. The first-order chi connectivity index (χ1) is 22.3. The third kappa shape index (κ3) is 6.18. The Bertz CT molecular complexity index is 1950. The maximum atomic E-state index is 14.8. The number of likely N-dealkylation sites (tertiary alicyclic amines) is 1. The third-order valence-electron chi connectivity index (χ3n) is 9.18.